The fourth-order valence-electron chi connectivity index (χ4n) is 1.27. The fraction of sp³-hybridized carbons (Fsp3) is 0.625. The van der Waals surface area contributed by atoms with Crippen LogP contribution in [0.5, 0.6) is 0 Å². The largest absolute Gasteiger partial charge is 0.402 e. The molecule has 0 saturated carbocycles. The van der Waals surface area contributed by atoms with Crippen molar-refractivity contribution in [2.45, 2.75) is 19.3 Å². The maximum absolute atomic E-state index is 11.2. The average molecular weight is 154 g/mol. The highest BCUT2D eigenvalue weighted by Crippen LogP contribution is 2.09. The van der Waals surface area contributed by atoms with Crippen LogP contribution in [0.4, 0.5) is 0 Å². The normalized spacial score (nSPS) is 16.9. The number of amides is 1. The lowest BCUT2D eigenvalue weighted by Crippen LogP contribution is -2.28. The molecular formula is C8H14N2O. The van der Waals surface area contributed by atoms with Gasteiger partial charge < -0.3 is 10.6 Å². The molecule has 62 valence electrons. The van der Waals surface area contributed by atoms with Gasteiger partial charge in [-0.25, -0.2) is 0 Å². The van der Waals surface area contributed by atoms with E-state index >= 15 is 0 Å². The quantitative estimate of drug-likeness (QED) is 0.628. The topological polar surface area (TPSA) is 46.3 Å². The summed E-state index contributed by atoms with van der Waals surface area (Å²) in [6.45, 7) is 5.29. The molecule has 0 aromatic heterocycles. The Bertz CT molecular complexity index is 171. The molecule has 1 rings (SSSR count). The van der Waals surface area contributed by atoms with Crippen molar-refractivity contribution in [3.8, 4) is 0 Å². The third kappa shape index (κ3) is 2.26. The molecule has 3 nitrogen and oxygen atoms in total. The van der Waals surface area contributed by atoms with Crippen LogP contribution in [0.2, 0.25) is 0 Å². The van der Waals surface area contributed by atoms with Crippen molar-refractivity contribution in [2.24, 2.45) is 5.73 Å². The summed E-state index contributed by atoms with van der Waals surface area (Å²) in [5.74, 6) is 0.120. The lowest BCUT2D eigenvalue weighted by molar-refractivity contribution is -0.129. The molecule has 0 aromatic carbocycles. The van der Waals surface area contributed by atoms with Crippen LogP contribution in [0.3, 0.4) is 0 Å². The van der Waals surface area contributed by atoms with E-state index in [9.17, 15) is 4.79 Å². The van der Waals surface area contributed by atoms with Gasteiger partial charge in [-0.2, -0.15) is 0 Å². The summed E-state index contributed by atoms with van der Waals surface area (Å²) >= 11 is 0. The first kappa shape index (κ1) is 8.11. The van der Waals surface area contributed by atoms with Crippen molar-refractivity contribution in [2.75, 3.05) is 13.1 Å². The summed E-state index contributed by atoms with van der Waals surface area (Å²) in [5, 5.41) is 0. The Labute approximate surface area is 66.9 Å². The van der Waals surface area contributed by atoms with Gasteiger partial charge in [0.1, 0.15) is 0 Å². The van der Waals surface area contributed by atoms with Gasteiger partial charge in [0.15, 0.2) is 0 Å². The molecule has 2 N–H and O–H groups in total. The Hall–Kier alpha value is -0.990. The maximum atomic E-state index is 11.2. The Balaban J connectivity index is 2.34. The average Bonchev–Trinajstić information content (AvgIpc) is 2.35. The summed E-state index contributed by atoms with van der Waals surface area (Å²) in [7, 11) is 0. The summed E-state index contributed by atoms with van der Waals surface area (Å²) in [5.41, 5.74) is 5.78. The van der Waals surface area contributed by atoms with Gasteiger partial charge in [-0.05, 0) is 12.8 Å². The van der Waals surface area contributed by atoms with Crippen LogP contribution in [0.1, 0.15) is 19.3 Å². The van der Waals surface area contributed by atoms with Crippen LogP contribution < -0.4 is 5.73 Å². The minimum absolute atomic E-state index is 0.120. The van der Waals surface area contributed by atoms with E-state index < -0.39 is 0 Å². The molecule has 0 aromatic rings. The van der Waals surface area contributed by atoms with E-state index in [1.165, 1.54) is 0 Å². The SMILES string of the molecule is C=C(N)CC(=O)N1CCCC1. The number of likely N-dealkylation sites (tertiary alicyclic amines) is 1. The summed E-state index contributed by atoms with van der Waals surface area (Å²) < 4.78 is 0. The molecule has 1 aliphatic rings. The third-order valence-electron chi connectivity index (χ3n) is 1.84. The zero-order valence-electron chi connectivity index (χ0n) is 6.68. The van der Waals surface area contributed by atoms with E-state index in [0.717, 1.165) is 25.9 Å². The number of hydrogen-bond donors (Lipinski definition) is 1. The van der Waals surface area contributed by atoms with E-state index in [0.29, 0.717) is 12.1 Å². The Morgan fingerprint density at radius 2 is 2.00 bits per heavy atom. The zero-order valence-corrected chi connectivity index (χ0v) is 6.68. The first-order valence-electron chi connectivity index (χ1n) is 3.91. The van der Waals surface area contributed by atoms with Gasteiger partial charge in [-0.15, -0.1) is 0 Å². The Morgan fingerprint density at radius 1 is 1.45 bits per heavy atom. The molecule has 0 aliphatic carbocycles. The van der Waals surface area contributed by atoms with E-state index in [1.807, 2.05) is 4.90 Å². The first-order valence-corrected chi connectivity index (χ1v) is 3.91. The maximum Gasteiger partial charge on any atom is 0.228 e. The van der Waals surface area contributed by atoms with E-state index in [2.05, 4.69) is 6.58 Å². The van der Waals surface area contributed by atoms with Gasteiger partial charge in [0, 0.05) is 18.8 Å². The van der Waals surface area contributed by atoms with Crippen LogP contribution in [0.15, 0.2) is 12.3 Å². The van der Waals surface area contributed by atoms with Gasteiger partial charge in [-0.3, -0.25) is 4.79 Å². The minimum atomic E-state index is 0.120. The molecule has 0 unspecified atom stereocenters. The monoisotopic (exact) mass is 154 g/mol. The molecule has 0 spiro atoms. The number of hydrogen-bond acceptors (Lipinski definition) is 2. The number of carbonyl (C=O) groups excluding carboxylic acids is 1. The van der Waals surface area contributed by atoms with Crippen molar-refractivity contribution >= 4 is 5.91 Å². The van der Waals surface area contributed by atoms with Gasteiger partial charge in [0.25, 0.3) is 0 Å². The lowest BCUT2D eigenvalue weighted by Gasteiger charge is -2.14. The van der Waals surface area contributed by atoms with E-state index in [1.54, 1.807) is 0 Å². The predicted octanol–water partition coefficient (Wildman–Crippen LogP) is 0.471. The highest BCUT2D eigenvalue weighted by molar-refractivity contribution is 5.78. The van der Waals surface area contributed by atoms with Crippen LogP contribution in [0.25, 0.3) is 0 Å². The fourth-order valence-corrected chi connectivity index (χ4v) is 1.27. The molecule has 1 heterocycles. The number of nitrogens with zero attached hydrogens (tertiary/aromatic N) is 1. The lowest BCUT2D eigenvalue weighted by atomic mass is 10.3. The number of rotatable bonds is 2. The molecule has 0 bridgehead atoms. The standard InChI is InChI=1S/C8H14N2O/c1-7(9)6-8(11)10-4-2-3-5-10/h1-6,9H2. The van der Waals surface area contributed by atoms with Crippen LogP contribution >= 0.6 is 0 Å². The van der Waals surface area contributed by atoms with Crippen molar-refractivity contribution in [1.82, 2.24) is 4.90 Å². The highest BCUT2D eigenvalue weighted by Gasteiger charge is 2.17. The van der Waals surface area contributed by atoms with Gasteiger partial charge in [-0.1, -0.05) is 6.58 Å². The molecule has 3 heteroatoms. The predicted molar refractivity (Wildman–Crippen MR) is 43.8 cm³/mol. The van der Waals surface area contributed by atoms with Gasteiger partial charge in [0.2, 0.25) is 5.91 Å². The molecule has 1 aliphatic heterocycles. The molecule has 0 atom stereocenters. The first-order chi connectivity index (χ1) is 5.20. The minimum Gasteiger partial charge on any atom is -0.402 e. The second kappa shape index (κ2) is 3.42. The molecule has 1 fully saturated rings. The number of carbonyl (C=O) groups is 1. The van der Waals surface area contributed by atoms with E-state index in [4.69, 9.17) is 5.73 Å². The van der Waals surface area contributed by atoms with Crippen molar-refractivity contribution in [1.29, 1.82) is 0 Å². The molecule has 1 saturated heterocycles. The second-order valence-electron chi connectivity index (χ2n) is 2.92. The molecule has 0 radical (unpaired) electrons. The zero-order chi connectivity index (χ0) is 8.27. The number of nitrogens with two attached hydrogens (primary N) is 1. The van der Waals surface area contributed by atoms with Crippen LogP contribution in [-0.2, 0) is 4.79 Å². The Kier molecular flexibility index (Phi) is 2.52. The van der Waals surface area contributed by atoms with Gasteiger partial charge >= 0.3 is 0 Å². The highest BCUT2D eigenvalue weighted by atomic mass is 16.2. The summed E-state index contributed by atoms with van der Waals surface area (Å²) in [6, 6.07) is 0. The Morgan fingerprint density at radius 3 is 2.45 bits per heavy atom. The van der Waals surface area contributed by atoms with Crippen molar-refractivity contribution in [3.63, 3.8) is 0 Å². The molecule has 11 heavy (non-hydrogen) atoms. The van der Waals surface area contributed by atoms with E-state index in [-0.39, 0.29) is 5.91 Å². The van der Waals surface area contributed by atoms with Crippen molar-refractivity contribution < 1.29 is 4.79 Å². The summed E-state index contributed by atoms with van der Waals surface area (Å²) in [4.78, 5) is 13.1. The molecule has 1 amide bonds. The molecular weight excluding hydrogens is 140 g/mol. The second-order valence-corrected chi connectivity index (χ2v) is 2.92. The summed E-state index contributed by atoms with van der Waals surface area (Å²) in [6.07, 6.45) is 2.56. The van der Waals surface area contributed by atoms with Crippen LogP contribution in [-0.4, -0.2) is 23.9 Å². The third-order valence-corrected chi connectivity index (χ3v) is 1.84. The van der Waals surface area contributed by atoms with Crippen LogP contribution in [0, 0.1) is 0 Å². The van der Waals surface area contributed by atoms with Crippen molar-refractivity contribution in [3.05, 3.63) is 12.3 Å². The van der Waals surface area contributed by atoms with Gasteiger partial charge in [0.05, 0.1) is 6.42 Å². The smallest absolute Gasteiger partial charge is 0.228 e.